The fourth-order valence-corrected chi connectivity index (χ4v) is 11.4. The molecule has 3 aliphatic heterocycles. The number of allylic oxidation sites excluding steroid dienone is 8. The van der Waals surface area contributed by atoms with E-state index in [2.05, 4.69) is 227 Å². The first-order valence-electron chi connectivity index (χ1n) is 22.0. The zero-order valence-electron chi connectivity index (χ0n) is 35.9. The Kier molecular flexibility index (Phi) is 7.54. The van der Waals surface area contributed by atoms with Crippen LogP contribution in [0.15, 0.2) is 187 Å². The molecule has 0 spiro atoms. The molecule has 0 radical (unpaired) electrons. The van der Waals surface area contributed by atoms with E-state index < -0.39 is 0 Å². The zero-order chi connectivity index (χ0) is 41.4. The van der Waals surface area contributed by atoms with Crippen molar-refractivity contribution in [2.45, 2.75) is 64.2 Å². The summed E-state index contributed by atoms with van der Waals surface area (Å²) >= 11 is 0. The van der Waals surface area contributed by atoms with Crippen LogP contribution in [-0.4, -0.2) is 0 Å². The Morgan fingerprint density at radius 2 is 1.00 bits per heavy atom. The molecule has 0 bridgehead atoms. The largest absolute Gasteiger partial charge is 0.314 e. The smallest absolute Gasteiger partial charge is 0.0544 e. The number of benzene rings is 7. The van der Waals surface area contributed by atoms with Gasteiger partial charge >= 0.3 is 0 Å². The molecule has 7 aromatic rings. The van der Waals surface area contributed by atoms with Crippen molar-refractivity contribution in [3.05, 3.63) is 221 Å². The van der Waals surface area contributed by atoms with Gasteiger partial charge in [0.05, 0.1) is 17.1 Å². The van der Waals surface area contributed by atoms with Crippen LogP contribution in [0.5, 0.6) is 0 Å². The molecule has 0 amide bonds. The lowest BCUT2D eigenvalue weighted by Crippen LogP contribution is -2.43. The maximum atomic E-state index is 2.68. The Labute approximate surface area is 360 Å². The van der Waals surface area contributed by atoms with Gasteiger partial charge in [-0.25, -0.2) is 0 Å². The maximum Gasteiger partial charge on any atom is 0.0544 e. The first-order valence-corrected chi connectivity index (χ1v) is 22.0. The predicted molar refractivity (Wildman–Crippen MR) is 257 cm³/mol. The number of hydrogen-bond donors (Lipinski definition) is 0. The molecule has 1 atom stereocenters. The van der Waals surface area contributed by atoms with Crippen molar-refractivity contribution in [2.24, 2.45) is 5.92 Å². The van der Waals surface area contributed by atoms with Gasteiger partial charge in [0, 0.05) is 39.2 Å². The van der Waals surface area contributed by atoms with E-state index in [-0.39, 0.29) is 16.2 Å². The van der Waals surface area contributed by atoms with Crippen LogP contribution in [0.25, 0.3) is 33.0 Å². The molecule has 5 aliphatic rings. The molecule has 1 unspecified atom stereocenters. The molecule has 0 saturated carbocycles. The monoisotopic (exact) mass is 786 g/mol. The molecule has 0 saturated heterocycles. The molecule has 7 aromatic carbocycles. The molecular weight excluding hydrogens is 737 g/mol. The Morgan fingerprint density at radius 1 is 0.459 bits per heavy atom. The van der Waals surface area contributed by atoms with E-state index in [0.29, 0.717) is 5.92 Å². The lowest BCUT2D eigenvalue weighted by molar-refractivity contribution is 0.567. The second kappa shape index (κ2) is 12.7. The number of anilines is 5. The Balaban J connectivity index is 1.03. The summed E-state index contributed by atoms with van der Waals surface area (Å²) < 4.78 is 0. The lowest BCUT2D eigenvalue weighted by Gasteiger charge is -2.55. The summed E-state index contributed by atoms with van der Waals surface area (Å²) in [7, 11) is 0. The van der Waals surface area contributed by atoms with Crippen LogP contribution in [0.3, 0.4) is 0 Å². The number of hydrogen-bond acceptors (Lipinski definition) is 2. The fourth-order valence-electron chi connectivity index (χ4n) is 11.4. The Bertz CT molecular complexity index is 3130. The van der Waals surface area contributed by atoms with Crippen molar-refractivity contribution in [3.8, 4) is 22.3 Å². The van der Waals surface area contributed by atoms with Crippen LogP contribution in [0.4, 0.5) is 28.4 Å². The molecule has 2 nitrogen and oxygen atoms in total. The van der Waals surface area contributed by atoms with E-state index in [1.165, 1.54) is 106 Å². The minimum Gasteiger partial charge on any atom is -0.314 e. The maximum absolute atomic E-state index is 2.68. The van der Waals surface area contributed by atoms with Gasteiger partial charge in [0.2, 0.25) is 0 Å². The van der Waals surface area contributed by atoms with Crippen LogP contribution in [-0.2, 0) is 16.2 Å². The van der Waals surface area contributed by atoms with Crippen LogP contribution in [0.1, 0.15) is 81.3 Å². The molecule has 296 valence electrons. The SMILES string of the molecule is CC1(C)c2cccc3c2N2c4c1cc(-c1ccccc1)cc4C(C)(C)c1cc(-c4ccc(N(C5=CC=C6C=CC=CC6C5)c5ccc6ccccc6c5)cc4)cc(c12)C3(C)C. The molecule has 61 heavy (non-hydrogen) atoms. The van der Waals surface area contributed by atoms with E-state index in [1.54, 1.807) is 0 Å². The van der Waals surface area contributed by atoms with Gasteiger partial charge in [0.25, 0.3) is 0 Å². The highest BCUT2D eigenvalue weighted by molar-refractivity contribution is 6.00. The third-order valence-electron chi connectivity index (χ3n) is 14.9. The summed E-state index contributed by atoms with van der Waals surface area (Å²) in [5.74, 6) is 0.378. The first-order chi connectivity index (χ1) is 29.5. The first kappa shape index (κ1) is 36.2. The van der Waals surface area contributed by atoms with Crippen LogP contribution in [0.2, 0.25) is 0 Å². The van der Waals surface area contributed by atoms with E-state index in [4.69, 9.17) is 0 Å². The van der Waals surface area contributed by atoms with Gasteiger partial charge in [0.1, 0.15) is 0 Å². The van der Waals surface area contributed by atoms with E-state index in [0.717, 1.165) is 6.42 Å². The van der Waals surface area contributed by atoms with Gasteiger partial charge in [-0.1, -0.05) is 163 Å². The summed E-state index contributed by atoms with van der Waals surface area (Å²) in [5.41, 5.74) is 22.0. The second-order valence-electron chi connectivity index (χ2n) is 19.4. The molecular formula is C59H50N2. The quantitative estimate of drug-likeness (QED) is 0.171. The summed E-state index contributed by atoms with van der Waals surface area (Å²) in [5, 5.41) is 2.50. The standard InChI is InChI=1S/C59H50N2/c1-57(2)48-21-14-22-49-54(48)61-55-50(57)33-43(37-15-8-7-9-16-37)34-52(55)59(5,6)53-36-44(35-51(56(53)61)58(49,3)4)40-23-27-45(28-24-40)60(46-29-25-38-17-10-12-19-41(38)31-46)47-30-26-39-18-11-13-20-42(39)32-47/h7-31,33-36,42H,32H2,1-6H3. The molecule has 0 fully saturated rings. The van der Waals surface area contributed by atoms with Gasteiger partial charge in [-0.15, -0.1) is 0 Å². The number of rotatable bonds is 5. The summed E-state index contributed by atoms with van der Waals surface area (Å²) in [6, 6.07) is 53.0. The molecule has 3 heterocycles. The summed E-state index contributed by atoms with van der Waals surface area (Å²) in [6.45, 7) is 14.7. The zero-order valence-corrected chi connectivity index (χ0v) is 35.9. The van der Waals surface area contributed by atoms with Gasteiger partial charge in [-0.3, -0.25) is 0 Å². The van der Waals surface area contributed by atoms with Gasteiger partial charge < -0.3 is 9.80 Å². The van der Waals surface area contributed by atoms with Crippen molar-refractivity contribution < 1.29 is 0 Å². The molecule has 0 N–H and O–H groups in total. The van der Waals surface area contributed by atoms with Crippen molar-refractivity contribution in [2.75, 3.05) is 9.80 Å². The minimum atomic E-state index is -0.253. The molecule has 0 aromatic heterocycles. The fraction of sp³-hybridized carbons (Fsp3) is 0.186. The minimum absolute atomic E-state index is 0.170. The van der Waals surface area contributed by atoms with E-state index >= 15 is 0 Å². The second-order valence-corrected chi connectivity index (χ2v) is 19.4. The Morgan fingerprint density at radius 3 is 1.64 bits per heavy atom. The van der Waals surface area contributed by atoms with Gasteiger partial charge in [-0.2, -0.15) is 0 Å². The lowest BCUT2D eigenvalue weighted by atomic mass is 9.60. The van der Waals surface area contributed by atoms with Gasteiger partial charge in [-0.05, 0) is 133 Å². The normalized spacial score (nSPS) is 18.9. The Hall–Kier alpha value is -6.64. The molecule has 2 aliphatic carbocycles. The number of fused-ring (bicyclic) bond motifs is 2. The summed E-state index contributed by atoms with van der Waals surface area (Å²) in [6.07, 6.45) is 14.5. The number of para-hydroxylation sites is 1. The van der Waals surface area contributed by atoms with Crippen molar-refractivity contribution >= 4 is 39.2 Å². The van der Waals surface area contributed by atoms with Crippen molar-refractivity contribution in [3.63, 3.8) is 0 Å². The van der Waals surface area contributed by atoms with Crippen molar-refractivity contribution in [1.29, 1.82) is 0 Å². The van der Waals surface area contributed by atoms with Crippen LogP contribution >= 0.6 is 0 Å². The third kappa shape index (κ3) is 5.15. The van der Waals surface area contributed by atoms with E-state index in [9.17, 15) is 0 Å². The number of nitrogens with zero attached hydrogens (tertiary/aromatic N) is 2. The average Bonchev–Trinajstić information content (AvgIpc) is 3.28. The molecule has 12 rings (SSSR count). The highest BCUT2D eigenvalue weighted by Crippen LogP contribution is 2.67. The van der Waals surface area contributed by atoms with Crippen LogP contribution < -0.4 is 9.80 Å². The molecule has 2 heteroatoms. The third-order valence-corrected chi connectivity index (χ3v) is 14.9. The topological polar surface area (TPSA) is 6.48 Å². The highest BCUT2D eigenvalue weighted by Gasteiger charge is 2.52. The predicted octanol–water partition coefficient (Wildman–Crippen LogP) is 15.7. The van der Waals surface area contributed by atoms with Gasteiger partial charge in [0.15, 0.2) is 0 Å². The van der Waals surface area contributed by atoms with Crippen molar-refractivity contribution in [1.82, 2.24) is 0 Å². The van der Waals surface area contributed by atoms with Crippen LogP contribution in [0, 0.1) is 5.92 Å². The van der Waals surface area contributed by atoms with E-state index in [1.807, 2.05) is 0 Å². The highest BCUT2D eigenvalue weighted by atomic mass is 15.2. The average molecular weight is 787 g/mol. The summed E-state index contributed by atoms with van der Waals surface area (Å²) in [4.78, 5) is 5.16.